The fourth-order valence-electron chi connectivity index (χ4n) is 2.39. The van der Waals surface area contributed by atoms with Gasteiger partial charge in [0.25, 0.3) is 0 Å². The molecule has 116 valence electrons. The van der Waals surface area contributed by atoms with Crippen LogP contribution in [0.1, 0.15) is 13.8 Å². The van der Waals surface area contributed by atoms with E-state index in [-0.39, 0.29) is 18.0 Å². The van der Waals surface area contributed by atoms with Gasteiger partial charge < -0.3 is 25.4 Å². The number of carbonyl (C=O) groups is 1. The minimum absolute atomic E-state index is 0.0273. The van der Waals surface area contributed by atoms with Crippen molar-refractivity contribution in [2.75, 3.05) is 37.5 Å². The molecule has 1 fully saturated rings. The normalized spacial score (nSPS) is 18.7. The van der Waals surface area contributed by atoms with Crippen molar-refractivity contribution in [3.8, 4) is 5.75 Å². The lowest BCUT2D eigenvalue weighted by Crippen LogP contribution is -2.55. The van der Waals surface area contributed by atoms with Crippen LogP contribution in [0.2, 0.25) is 0 Å². The third kappa shape index (κ3) is 3.58. The number of hydrogen-bond acceptors (Lipinski definition) is 5. The first-order chi connectivity index (χ1) is 10.0. The number of nitrogens with one attached hydrogen (secondary N) is 1. The molecule has 0 radical (unpaired) electrons. The predicted octanol–water partition coefficient (Wildman–Crippen LogP) is 1.01. The molecule has 1 aliphatic rings. The third-order valence-electron chi connectivity index (χ3n) is 3.41. The first kappa shape index (κ1) is 15.4. The van der Waals surface area contributed by atoms with Gasteiger partial charge in [-0.05, 0) is 26.0 Å². The molecule has 1 aromatic rings. The lowest BCUT2D eigenvalue weighted by atomic mass is 10.1. The molecule has 1 amide bonds. The van der Waals surface area contributed by atoms with Crippen LogP contribution in [-0.2, 0) is 9.53 Å². The molecule has 1 unspecified atom stereocenters. The molecule has 0 bridgehead atoms. The average molecular weight is 293 g/mol. The van der Waals surface area contributed by atoms with Crippen molar-refractivity contribution in [2.45, 2.75) is 25.9 Å². The predicted molar refractivity (Wildman–Crippen MR) is 82.6 cm³/mol. The Bertz CT molecular complexity index is 505. The van der Waals surface area contributed by atoms with Gasteiger partial charge in [0.1, 0.15) is 11.8 Å². The molecular weight excluding hydrogens is 270 g/mol. The SMILES string of the molecule is COc1cc(N2CCOCC2C(=O)NC(C)C)ccc1N. The smallest absolute Gasteiger partial charge is 0.245 e. The Morgan fingerprint density at radius 2 is 2.29 bits per heavy atom. The van der Waals surface area contributed by atoms with Crippen LogP contribution in [0.3, 0.4) is 0 Å². The van der Waals surface area contributed by atoms with Gasteiger partial charge in [-0.25, -0.2) is 0 Å². The molecule has 1 saturated heterocycles. The Balaban J connectivity index is 2.24. The van der Waals surface area contributed by atoms with Gasteiger partial charge in [-0.2, -0.15) is 0 Å². The van der Waals surface area contributed by atoms with Crippen molar-refractivity contribution >= 4 is 17.3 Å². The topological polar surface area (TPSA) is 76.8 Å². The maximum absolute atomic E-state index is 12.3. The van der Waals surface area contributed by atoms with Gasteiger partial charge >= 0.3 is 0 Å². The molecule has 2 rings (SSSR count). The van der Waals surface area contributed by atoms with Gasteiger partial charge in [0.05, 0.1) is 26.0 Å². The lowest BCUT2D eigenvalue weighted by molar-refractivity contribution is -0.125. The molecule has 1 atom stereocenters. The zero-order chi connectivity index (χ0) is 15.4. The van der Waals surface area contributed by atoms with Gasteiger partial charge in [-0.3, -0.25) is 4.79 Å². The highest BCUT2D eigenvalue weighted by molar-refractivity contribution is 5.86. The van der Waals surface area contributed by atoms with Gasteiger partial charge in [0.2, 0.25) is 5.91 Å². The van der Waals surface area contributed by atoms with E-state index in [9.17, 15) is 4.79 Å². The van der Waals surface area contributed by atoms with E-state index < -0.39 is 0 Å². The molecule has 1 heterocycles. The number of rotatable bonds is 4. The summed E-state index contributed by atoms with van der Waals surface area (Å²) in [5.41, 5.74) is 7.33. The maximum Gasteiger partial charge on any atom is 0.245 e. The molecule has 0 spiro atoms. The number of morpholine rings is 1. The van der Waals surface area contributed by atoms with Crippen molar-refractivity contribution in [1.29, 1.82) is 0 Å². The highest BCUT2D eigenvalue weighted by atomic mass is 16.5. The molecule has 0 saturated carbocycles. The second-order valence-electron chi connectivity index (χ2n) is 5.37. The van der Waals surface area contributed by atoms with Crippen LogP contribution < -0.4 is 20.7 Å². The zero-order valence-corrected chi connectivity index (χ0v) is 12.8. The van der Waals surface area contributed by atoms with Crippen LogP contribution in [0.25, 0.3) is 0 Å². The maximum atomic E-state index is 12.3. The monoisotopic (exact) mass is 293 g/mol. The van der Waals surface area contributed by atoms with E-state index in [0.717, 1.165) is 5.69 Å². The number of anilines is 2. The number of methoxy groups -OCH3 is 1. The number of hydrogen-bond donors (Lipinski definition) is 2. The largest absolute Gasteiger partial charge is 0.495 e. The number of benzene rings is 1. The molecule has 3 N–H and O–H groups in total. The van der Waals surface area contributed by atoms with Crippen LogP contribution in [0.5, 0.6) is 5.75 Å². The Hall–Kier alpha value is -1.95. The van der Waals surface area contributed by atoms with E-state index in [2.05, 4.69) is 5.32 Å². The Morgan fingerprint density at radius 1 is 1.52 bits per heavy atom. The van der Waals surface area contributed by atoms with Gasteiger partial charge in [-0.1, -0.05) is 0 Å². The Labute approximate surface area is 125 Å². The molecule has 6 nitrogen and oxygen atoms in total. The quantitative estimate of drug-likeness (QED) is 0.810. The molecule has 6 heteroatoms. The second-order valence-corrected chi connectivity index (χ2v) is 5.37. The number of carbonyl (C=O) groups excluding carboxylic acids is 1. The molecule has 1 aromatic carbocycles. The minimum Gasteiger partial charge on any atom is -0.495 e. The van der Waals surface area contributed by atoms with Crippen molar-refractivity contribution in [3.05, 3.63) is 18.2 Å². The second kappa shape index (κ2) is 6.67. The summed E-state index contributed by atoms with van der Waals surface area (Å²) >= 11 is 0. The van der Waals surface area contributed by atoms with Crippen molar-refractivity contribution < 1.29 is 14.3 Å². The van der Waals surface area contributed by atoms with E-state index in [1.165, 1.54) is 0 Å². The first-order valence-corrected chi connectivity index (χ1v) is 7.11. The summed E-state index contributed by atoms with van der Waals surface area (Å²) in [6.45, 7) is 5.52. The summed E-state index contributed by atoms with van der Waals surface area (Å²) in [5.74, 6) is 0.586. The van der Waals surface area contributed by atoms with E-state index in [0.29, 0.717) is 31.2 Å². The Morgan fingerprint density at radius 3 is 2.95 bits per heavy atom. The number of nitrogens with zero attached hydrogens (tertiary/aromatic N) is 1. The lowest BCUT2D eigenvalue weighted by Gasteiger charge is -2.36. The molecular formula is C15H23N3O3. The van der Waals surface area contributed by atoms with Crippen LogP contribution in [0.4, 0.5) is 11.4 Å². The number of nitrogen functional groups attached to an aromatic ring is 1. The summed E-state index contributed by atoms with van der Waals surface area (Å²) in [6, 6.07) is 5.31. The molecule has 0 aliphatic carbocycles. The summed E-state index contributed by atoms with van der Waals surface area (Å²) in [6.07, 6.45) is 0. The highest BCUT2D eigenvalue weighted by Gasteiger charge is 2.30. The molecule has 21 heavy (non-hydrogen) atoms. The standard InChI is InChI=1S/C15H23N3O3/c1-10(2)17-15(19)13-9-21-7-6-18(13)11-4-5-12(16)14(8-11)20-3/h4-5,8,10,13H,6-7,9,16H2,1-3H3,(H,17,19). The summed E-state index contributed by atoms with van der Waals surface area (Å²) in [5, 5.41) is 2.94. The fourth-order valence-corrected chi connectivity index (χ4v) is 2.39. The summed E-state index contributed by atoms with van der Waals surface area (Å²) in [4.78, 5) is 14.4. The summed E-state index contributed by atoms with van der Waals surface area (Å²) < 4.78 is 10.7. The van der Waals surface area contributed by atoms with E-state index in [1.54, 1.807) is 13.2 Å². The zero-order valence-electron chi connectivity index (χ0n) is 12.8. The van der Waals surface area contributed by atoms with E-state index >= 15 is 0 Å². The van der Waals surface area contributed by atoms with E-state index in [1.807, 2.05) is 30.9 Å². The van der Waals surface area contributed by atoms with Gasteiger partial charge in [-0.15, -0.1) is 0 Å². The fraction of sp³-hybridized carbons (Fsp3) is 0.533. The number of amides is 1. The minimum atomic E-state index is -0.338. The van der Waals surface area contributed by atoms with Gasteiger partial charge in [0.15, 0.2) is 0 Å². The van der Waals surface area contributed by atoms with Crippen molar-refractivity contribution in [2.24, 2.45) is 0 Å². The average Bonchev–Trinajstić information content (AvgIpc) is 2.47. The molecule has 0 aromatic heterocycles. The first-order valence-electron chi connectivity index (χ1n) is 7.11. The van der Waals surface area contributed by atoms with Gasteiger partial charge in [0, 0.05) is 24.3 Å². The van der Waals surface area contributed by atoms with Crippen molar-refractivity contribution in [3.63, 3.8) is 0 Å². The van der Waals surface area contributed by atoms with Crippen LogP contribution in [-0.4, -0.2) is 44.9 Å². The summed E-state index contributed by atoms with van der Waals surface area (Å²) in [7, 11) is 1.58. The van der Waals surface area contributed by atoms with E-state index in [4.69, 9.17) is 15.2 Å². The third-order valence-corrected chi connectivity index (χ3v) is 3.41. The van der Waals surface area contributed by atoms with Crippen molar-refractivity contribution in [1.82, 2.24) is 5.32 Å². The van der Waals surface area contributed by atoms with Crippen LogP contribution in [0.15, 0.2) is 18.2 Å². The number of ether oxygens (including phenoxy) is 2. The highest BCUT2D eigenvalue weighted by Crippen LogP contribution is 2.29. The Kier molecular flexibility index (Phi) is 4.90. The van der Waals surface area contributed by atoms with Crippen LogP contribution >= 0.6 is 0 Å². The molecule has 1 aliphatic heterocycles. The number of nitrogens with two attached hydrogens (primary N) is 1. The van der Waals surface area contributed by atoms with Crippen LogP contribution in [0, 0.1) is 0 Å².